The van der Waals surface area contributed by atoms with Crippen LogP contribution in [-0.2, 0) is 17.9 Å². The van der Waals surface area contributed by atoms with Crippen molar-refractivity contribution in [2.45, 2.75) is 13.2 Å². The monoisotopic (exact) mass is 498 g/mol. The van der Waals surface area contributed by atoms with E-state index in [0.29, 0.717) is 26.9 Å². The van der Waals surface area contributed by atoms with E-state index in [0.717, 1.165) is 4.90 Å². The SMILES string of the molecule is O=C1N/C(=C/c2ccc(OCc3ccccc3F)c(Br)c2)C(=O)N1Cc1ccc(F)cc1. The van der Waals surface area contributed by atoms with E-state index in [-0.39, 0.29) is 24.7 Å². The molecule has 0 atom stereocenters. The zero-order valence-electron chi connectivity index (χ0n) is 16.6. The van der Waals surface area contributed by atoms with E-state index in [2.05, 4.69) is 21.2 Å². The van der Waals surface area contributed by atoms with Crippen molar-refractivity contribution in [3.8, 4) is 5.75 Å². The van der Waals surface area contributed by atoms with Crippen molar-refractivity contribution in [1.29, 1.82) is 0 Å². The van der Waals surface area contributed by atoms with E-state index in [1.165, 1.54) is 30.3 Å². The average molecular weight is 499 g/mol. The Labute approximate surface area is 191 Å². The maximum Gasteiger partial charge on any atom is 0.329 e. The van der Waals surface area contributed by atoms with Gasteiger partial charge in [0.2, 0.25) is 0 Å². The molecule has 4 rings (SSSR count). The Morgan fingerprint density at radius 1 is 1.00 bits per heavy atom. The Morgan fingerprint density at radius 3 is 2.47 bits per heavy atom. The minimum atomic E-state index is -0.547. The molecule has 0 bridgehead atoms. The molecule has 1 N–H and O–H groups in total. The molecule has 0 aliphatic carbocycles. The number of nitrogens with one attached hydrogen (secondary N) is 1. The summed E-state index contributed by atoms with van der Waals surface area (Å²) in [6.07, 6.45) is 1.55. The Balaban J connectivity index is 1.45. The molecule has 3 aromatic carbocycles. The largest absolute Gasteiger partial charge is 0.488 e. The zero-order chi connectivity index (χ0) is 22.7. The highest BCUT2D eigenvalue weighted by Gasteiger charge is 2.33. The highest BCUT2D eigenvalue weighted by atomic mass is 79.9. The molecular formula is C24H17BrF2N2O3. The molecule has 32 heavy (non-hydrogen) atoms. The van der Waals surface area contributed by atoms with E-state index in [9.17, 15) is 18.4 Å². The summed E-state index contributed by atoms with van der Waals surface area (Å²) in [5.41, 5.74) is 1.85. The number of urea groups is 1. The molecule has 1 heterocycles. The van der Waals surface area contributed by atoms with Crippen molar-refractivity contribution in [2.75, 3.05) is 0 Å². The number of halogens is 3. The van der Waals surface area contributed by atoms with Gasteiger partial charge in [-0.15, -0.1) is 0 Å². The Bertz CT molecular complexity index is 1210. The summed E-state index contributed by atoms with van der Waals surface area (Å²) in [7, 11) is 0. The second-order valence-corrected chi connectivity index (χ2v) is 7.93. The summed E-state index contributed by atoms with van der Waals surface area (Å²) >= 11 is 3.42. The van der Waals surface area contributed by atoms with Gasteiger partial charge < -0.3 is 10.1 Å². The number of hydrogen-bond acceptors (Lipinski definition) is 3. The number of nitrogens with zero attached hydrogens (tertiary/aromatic N) is 1. The van der Waals surface area contributed by atoms with Gasteiger partial charge in [0.25, 0.3) is 5.91 Å². The third-order valence-electron chi connectivity index (χ3n) is 4.82. The first-order valence-corrected chi connectivity index (χ1v) is 10.4. The van der Waals surface area contributed by atoms with Gasteiger partial charge in [-0.25, -0.2) is 13.6 Å². The van der Waals surface area contributed by atoms with E-state index >= 15 is 0 Å². The summed E-state index contributed by atoms with van der Waals surface area (Å²) in [6, 6.07) is 16.5. The van der Waals surface area contributed by atoms with Crippen LogP contribution in [0.4, 0.5) is 13.6 Å². The Kier molecular flexibility index (Phi) is 6.32. The van der Waals surface area contributed by atoms with Gasteiger partial charge >= 0.3 is 6.03 Å². The molecular weight excluding hydrogens is 482 g/mol. The van der Waals surface area contributed by atoms with Crippen LogP contribution in [-0.4, -0.2) is 16.8 Å². The van der Waals surface area contributed by atoms with E-state index in [4.69, 9.17) is 4.74 Å². The lowest BCUT2D eigenvalue weighted by atomic mass is 10.1. The first-order chi connectivity index (χ1) is 15.4. The number of hydrogen-bond donors (Lipinski definition) is 1. The summed E-state index contributed by atoms with van der Waals surface area (Å²) < 4.78 is 33.1. The fourth-order valence-corrected chi connectivity index (χ4v) is 3.66. The van der Waals surface area contributed by atoms with Gasteiger partial charge in [-0.1, -0.05) is 36.4 Å². The smallest absolute Gasteiger partial charge is 0.329 e. The quantitative estimate of drug-likeness (QED) is 0.365. The van der Waals surface area contributed by atoms with Crippen LogP contribution in [0.25, 0.3) is 6.08 Å². The number of carbonyl (C=O) groups is 2. The van der Waals surface area contributed by atoms with Crippen LogP contribution < -0.4 is 10.1 Å². The minimum absolute atomic E-state index is 0.0365. The van der Waals surface area contributed by atoms with E-state index in [1.807, 2.05) is 0 Å². The molecule has 1 fully saturated rings. The van der Waals surface area contributed by atoms with Gasteiger partial charge in [-0.05, 0) is 63.5 Å². The summed E-state index contributed by atoms with van der Waals surface area (Å²) in [5.74, 6) is -0.699. The predicted octanol–water partition coefficient (Wildman–Crippen LogP) is 5.40. The van der Waals surface area contributed by atoms with Crippen molar-refractivity contribution in [3.63, 3.8) is 0 Å². The van der Waals surface area contributed by atoms with Crippen LogP contribution in [0.1, 0.15) is 16.7 Å². The van der Waals surface area contributed by atoms with Crippen LogP contribution in [0, 0.1) is 11.6 Å². The number of carbonyl (C=O) groups excluding carboxylic acids is 2. The third-order valence-corrected chi connectivity index (χ3v) is 5.44. The molecule has 0 aromatic heterocycles. The molecule has 0 unspecified atom stereocenters. The third kappa shape index (κ3) is 4.86. The highest BCUT2D eigenvalue weighted by Crippen LogP contribution is 2.28. The minimum Gasteiger partial charge on any atom is -0.488 e. The number of benzene rings is 3. The Hall–Kier alpha value is -3.52. The number of ether oxygens (including phenoxy) is 1. The second kappa shape index (κ2) is 9.32. The number of imide groups is 1. The first-order valence-electron chi connectivity index (χ1n) is 9.65. The lowest BCUT2D eigenvalue weighted by Crippen LogP contribution is -2.30. The Morgan fingerprint density at radius 2 is 1.75 bits per heavy atom. The summed E-state index contributed by atoms with van der Waals surface area (Å²) in [6.45, 7) is 0.105. The van der Waals surface area contributed by atoms with Gasteiger partial charge in [-0.2, -0.15) is 0 Å². The lowest BCUT2D eigenvalue weighted by molar-refractivity contribution is -0.123. The number of rotatable bonds is 6. The van der Waals surface area contributed by atoms with Crippen LogP contribution >= 0.6 is 15.9 Å². The molecule has 1 aliphatic rings. The topological polar surface area (TPSA) is 58.6 Å². The molecule has 1 aliphatic heterocycles. The van der Waals surface area contributed by atoms with Crippen molar-refractivity contribution in [1.82, 2.24) is 10.2 Å². The van der Waals surface area contributed by atoms with Gasteiger partial charge in [0.05, 0.1) is 11.0 Å². The molecule has 3 amide bonds. The molecule has 162 valence electrons. The number of amides is 3. The predicted molar refractivity (Wildman–Crippen MR) is 118 cm³/mol. The second-order valence-electron chi connectivity index (χ2n) is 7.08. The van der Waals surface area contributed by atoms with Gasteiger partial charge in [-0.3, -0.25) is 9.69 Å². The molecule has 3 aromatic rings. The maximum atomic E-state index is 13.8. The van der Waals surface area contributed by atoms with Crippen LogP contribution in [0.5, 0.6) is 5.75 Å². The maximum absolute atomic E-state index is 13.8. The van der Waals surface area contributed by atoms with Gasteiger partial charge in [0, 0.05) is 5.56 Å². The fourth-order valence-electron chi connectivity index (χ4n) is 3.15. The lowest BCUT2D eigenvalue weighted by Gasteiger charge is -2.11. The first kappa shape index (κ1) is 21.7. The molecule has 0 spiro atoms. The van der Waals surface area contributed by atoms with E-state index < -0.39 is 17.8 Å². The summed E-state index contributed by atoms with van der Waals surface area (Å²) in [5, 5.41) is 2.56. The van der Waals surface area contributed by atoms with Crippen molar-refractivity contribution < 1.29 is 23.1 Å². The van der Waals surface area contributed by atoms with Crippen molar-refractivity contribution >= 4 is 33.9 Å². The highest BCUT2D eigenvalue weighted by molar-refractivity contribution is 9.10. The molecule has 0 saturated carbocycles. The average Bonchev–Trinajstić information content (AvgIpc) is 3.03. The fraction of sp³-hybridized carbons (Fsp3) is 0.0833. The zero-order valence-corrected chi connectivity index (χ0v) is 18.2. The van der Waals surface area contributed by atoms with Gasteiger partial charge in [0.1, 0.15) is 29.7 Å². The standard InChI is InChI=1S/C24H17BrF2N2O3/c25-19-11-16(7-10-22(19)32-14-17-3-1-2-4-20(17)27)12-21-23(30)29(24(31)28-21)13-15-5-8-18(26)9-6-15/h1-12H,13-14H2,(H,28,31)/b21-12+. The van der Waals surface area contributed by atoms with Crippen LogP contribution in [0.2, 0.25) is 0 Å². The normalized spacial score (nSPS) is 14.7. The summed E-state index contributed by atoms with van der Waals surface area (Å²) in [4.78, 5) is 26.0. The van der Waals surface area contributed by atoms with Crippen molar-refractivity contribution in [3.05, 3.63) is 105 Å². The van der Waals surface area contributed by atoms with Crippen LogP contribution in [0.3, 0.4) is 0 Å². The molecule has 5 nitrogen and oxygen atoms in total. The van der Waals surface area contributed by atoms with Crippen LogP contribution in [0.15, 0.2) is 76.9 Å². The van der Waals surface area contributed by atoms with E-state index in [1.54, 1.807) is 42.5 Å². The van der Waals surface area contributed by atoms with Gasteiger partial charge in [0.15, 0.2) is 0 Å². The molecule has 0 radical (unpaired) electrons. The molecule has 1 saturated heterocycles. The van der Waals surface area contributed by atoms with Crippen molar-refractivity contribution in [2.24, 2.45) is 0 Å². The molecule has 8 heteroatoms.